The van der Waals surface area contributed by atoms with E-state index in [-0.39, 0.29) is 6.10 Å². The van der Waals surface area contributed by atoms with Crippen LogP contribution in [0, 0.1) is 6.92 Å². The van der Waals surface area contributed by atoms with E-state index in [2.05, 4.69) is 20.4 Å². The Kier molecular flexibility index (Phi) is 3.40. The van der Waals surface area contributed by atoms with Crippen molar-refractivity contribution in [2.45, 2.75) is 38.3 Å². The Morgan fingerprint density at radius 3 is 2.85 bits per heavy atom. The average molecular weight is 273 g/mol. The van der Waals surface area contributed by atoms with E-state index in [1.165, 1.54) is 0 Å². The highest BCUT2D eigenvalue weighted by Crippen LogP contribution is 2.35. The summed E-state index contributed by atoms with van der Waals surface area (Å²) < 4.78 is 1.81. The van der Waals surface area contributed by atoms with Gasteiger partial charge in [0.25, 0.3) is 0 Å². The van der Waals surface area contributed by atoms with Crippen molar-refractivity contribution in [1.29, 1.82) is 0 Å². The van der Waals surface area contributed by atoms with E-state index in [9.17, 15) is 5.11 Å². The van der Waals surface area contributed by atoms with Crippen LogP contribution in [0.4, 0.5) is 5.82 Å². The molecule has 6 nitrogen and oxygen atoms in total. The molecule has 0 spiro atoms. The highest BCUT2D eigenvalue weighted by molar-refractivity contribution is 5.37. The van der Waals surface area contributed by atoms with Crippen LogP contribution in [0.25, 0.3) is 0 Å². The smallest absolute Gasteiger partial charge is 0.129 e. The minimum Gasteiger partial charge on any atom is -0.393 e. The molecule has 1 fully saturated rings. The van der Waals surface area contributed by atoms with Gasteiger partial charge in [-0.3, -0.25) is 4.68 Å². The first-order valence-electron chi connectivity index (χ1n) is 6.85. The maximum atomic E-state index is 9.37. The Hall–Kier alpha value is -1.95. The van der Waals surface area contributed by atoms with Crippen molar-refractivity contribution in [3.8, 4) is 0 Å². The predicted molar refractivity (Wildman–Crippen MR) is 75.3 cm³/mol. The highest BCUT2D eigenvalue weighted by atomic mass is 16.3. The molecule has 1 saturated carbocycles. The summed E-state index contributed by atoms with van der Waals surface area (Å²) in [5.74, 6) is 1.19. The molecule has 1 aliphatic rings. The molecule has 0 atom stereocenters. The standard InChI is InChI=1S/C14H19N5O/c1-9-11(7-19(2)18-9)6-15-14-5-13(16-8-17-14)10-3-12(20)4-10/h5,7-8,10,12,20H,3-4,6H2,1-2H3,(H,15,16,17). The molecule has 2 heterocycles. The molecule has 0 radical (unpaired) electrons. The second-order valence-corrected chi connectivity index (χ2v) is 5.42. The molecule has 106 valence electrons. The number of anilines is 1. The predicted octanol–water partition coefficient (Wildman–Crippen LogP) is 1.37. The van der Waals surface area contributed by atoms with E-state index < -0.39 is 0 Å². The number of aliphatic hydroxyl groups is 1. The molecule has 2 aromatic rings. The van der Waals surface area contributed by atoms with E-state index in [0.29, 0.717) is 12.5 Å². The van der Waals surface area contributed by atoms with Crippen LogP contribution in [0.2, 0.25) is 0 Å². The van der Waals surface area contributed by atoms with Crippen LogP contribution in [0.1, 0.15) is 35.7 Å². The van der Waals surface area contributed by atoms with Crippen LogP contribution < -0.4 is 5.32 Å². The van der Waals surface area contributed by atoms with Crippen LogP contribution in [0.15, 0.2) is 18.6 Å². The third-order valence-electron chi connectivity index (χ3n) is 3.79. The molecule has 0 bridgehead atoms. The van der Waals surface area contributed by atoms with Gasteiger partial charge in [-0.2, -0.15) is 5.10 Å². The van der Waals surface area contributed by atoms with Gasteiger partial charge in [0, 0.05) is 43.0 Å². The molecule has 0 unspecified atom stereocenters. The number of hydrogen-bond donors (Lipinski definition) is 2. The summed E-state index contributed by atoms with van der Waals surface area (Å²) in [6.07, 6.45) is 5.03. The molecular weight excluding hydrogens is 254 g/mol. The topological polar surface area (TPSA) is 75.9 Å². The number of aromatic nitrogens is 4. The van der Waals surface area contributed by atoms with Gasteiger partial charge in [0.15, 0.2) is 0 Å². The highest BCUT2D eigenvalue weighted by Gasteiger charge is 2.29. The van der Waals surface area contributed by atoms with Crippen molar-refractivity contribution in [2.24, 2.45) is 7.05 Å². The Bertz CT molecular complexity index is 603. The Morgan fingerprint density at radius 1 is 1.40 bits per heavy atom. The Morgan fingerprint density at radius 2 is 2.20 bits per heavy atom. The number of rotatable bonds is 4. The van der Waals surface area contributed by atoms with Crippen molar-refractivity contribution in [3.05, 3.63) is 35.5 Å². The van der Waals surface area contributed by atoms with Crippen molar-refractivity contribution in [2.75, 3.05) is 5.32 Å². The monoisotopic (exact) mass is 273 g/mol. The third-order valence-corrected chi connectivity index (χ3v) is 3.79. The summed E-state index contributed by atoms with van der Waals surface area (Å²) in [6, 6.07) is 1.97. The summed E-state index contributed by atoms with van der Waals surface area (Å²) in [4.78, 5) is 8.53. The Labute approximate surface area is 117 Å². The lowest BCUT2D eigenvalue weighted by molar-refractivity contribution is 0.0732. The SMILES string of the molecule is Cc1nn(C)cc1CNc1cc(C2CC(O)C2)ncn1. The minimum atomic E-state index is -0.163. The zero-order valence-corrected chi connectivity index (χ0v) is 11.7. The van der Waals surface area contributed by atoms with Crippen LogP contribution in [-0.4, -0.2) is 31.0 Å². The lowest BCUT2D eigenvalue weighted by Gasteiger charge is -2.30. The fourth-order valence-corrected chi connectivity index (χ4v) is 2.53. The largest absolute Gasteiger partial charge is 0.393 e. The van der Waals surface area contributed by atoms with Crippen molar-refractivity contribution < 1.29 is 5.11 Å². The summed E-state index contributed by atoms with van der Waals surface area (Å²) in [5, 5.41) is 17.0. The molecule has 0 aliphatic heterocycles. The van der Waals surface area contributed by atoms with Crippen LogP contribution in [-0.2, 0) is 13.6 Å². The van der Waals surface area contributed by atoms with E-state index in [4.69, 9.17) is 0 Å². The molecule has 0 amide bonds. The van der Waals surface area contributed by atoms with Gasteiger partial charge in [0.2, 0.25) is 0 Å². The fraction of sp³-hybridized carbons (Fsp3) is 0.500. The van der Waals surface area contributed by atoms with Crippen LogP contribution in [0.5, 0.6) is 0 Å². The van der Waals surface area contributed by atoms with E-state index in [1.807, 2.05) is 30.9 Å². The molecule has 0 aromatic carbocycles. The van der Waals surface area contributed by atoms with Gasteiger partial charge in [0.1, 0.15) is 12.1 Å². The molecule has 6 heteroatoms. The quantitative estimate of drug-likeness (QED) is 0.880. The van der Waals surface area contributed by atoms with Gasteiger partial charge < -0.3 is 10.4 Å². The second-order valence-electron chi connectivity index (χ2n) is 5.42. The first-order chi connectivity index (χ1) is 9.61. The first kappa shape index (κ1) is 13.1. The number of aliphatic hydroxyl groups excluding tert-OH is 1. The lowest BCUT2D eigenvalue weighted by atomic mass is 9.80. The maximum absolute atomic E-state index is 9.37. The summed E-state index contributed by atoms with van der Waals surface area (Å²) in [6.45, 7) is 2.70. The molecular formula is C14H19N5O. The maximum Gasteiger partial charge on any atom is 0.129 e. The average Bonchev–Trinajstić information content (AvgIpc) is 2.71. The van der Waals surface area contributed by atoms with E-state index in [0.717, 1.165) is 35.6 Å². The van der Waals surface area contributed by atoms with Gasteiger partial charge in [-0.05, 0) is 19.8 Å². The summed E-state index contributed by atoms with van der Waals surface area (Å²) in [7, 11) is 1.92. The second kappa shape index (κ2) is 5.20. The lowest BCUT2D eigenvalue weighted by Crippen LogP contribution is -2.27. The normalized spacial score (nSPS) is 21.6. The molecule has 3 rings (SSSR count). The number of aryl methyl sites for hydroxylation is 2. The zero-order valence-electron chi connectivity index (χ0n) is 11.7. The number of nitrogens with zero attached hydrogens (tertiary/aromatic N) is 4. The minimum absolute atomic E-state index is 0.163. The van der Waals surface area contributed by atoms with Crippen molar-refractivity contribution in [1.82, 2.24) is 19.7 Å². The van der Waals surface area contributed by atoms with Gasteiger partial charge in [0.05, 0.1) is 11.8 Å². The van der Waals surface area contributed by atoms with Gasteiger partial charge in [-0.1, -0.05) is 0 Å². The number of hydrogen-bond acceptors (Lipinski definition) is 5. The van der Waals surface area contributed by atoms with Gasteiger partial charge >= 0.3 is 0 Å². The molecule has 2 aromatic heterocycles. The molecule has 20 heavy (non-hydrogen) atoms. The molecule has 0 saturated heterocycles. The van der Waals surface area contributed by atoms with Crippen LogP contribution >= 0.6 is 0 Å². The fourth-order valence-electron chi connectivity index (χ4n) is 2.53. The number of nitrogens with one attached hydrogen (secondary N) is 1. The first-order valence-corrected chi connectivity index (χ1v) is 6.85. The van der Waals surface area contributed by atoms with Crippen LogP contribution in [0.3, 0.4) is 0 Å². The van der Waals surface area contributed by atoms with Crippen molar-refractivity contribution >= 4 is 5.82 Å². The van der Waals surface area contributed by atoms with Gasteiger partial charge in [-0.25, -0.2) is 9.97 Å². The van der Waals surface area contributed by atoms with Crippen molar-refractivity contribution in [3.63, 3.8) is 0 Å². The zero-order chi connectivity index (χ0) is 14.1. The van der Waals surface area contributed by atoms with E-state index >= 15 is 0 Å². The third kappa shape index (κ3) is 2.65. The van der Waals surface area contributed by atoms with Gasteiger partial charge in [-0.15, -0.1) is 0 Å². The molecule has 2 N–H and O–H groups in total. The Balaban J connectivity index is 1.65. The summed E-state index contributed by atoms with van der Waals surface area (Å²) in [5.41, 5.74) is 3.19. The molecule has 1 aliphatic carbocycles. The summed E-state index contributed by atoms with van der Waals surface area (Å²) >= 11 is 0. The van der Waals surface area contributed by atoms with E-state index in [1.54, 1.807) is 6.33 Å².